The van der Waals surface area contributed by atoms with E-state index in [0.717, 1.165) is 34.1 Å². The van der Waals surface area contributed by atoms with E-state index in [1.165, 1.54) is 4.90 Å². The molecule has 0 aliphatic carbocycles. The number of rotatable bonds is 4. The second-order valence-corrected chi connectivity index (χ2v) is 7.67. The van der Waals surface area contributed by atoms with Crippen molar-refractivity contribution in [2.45, 2.75) is 40.3 Å². The molecule has 2 amide bonds. The van der Waals surface area contributed by atoms with Gasteiger partial charge in [0, 0.05) is 17.9 Å². The summed E-state index contributed by atoms with van der Waals surface area (Å²) in [5.41, 5.74) is 4.17. The molecule has 1 aromatic carbocycles. The molecule has 0 N–H and O–H groups in total. The van der Waals surface area contributed by atoms with E-state index in [1.54, 1.807) is 0 Å². The fraction of sp³-hybridized carbons (Fsp3) is 0.300. The average molecular weight is 354 g/mol. The highest BCUT2D eigenvalue weighted by Crippen LogP contribution is 2.33. The van der Waals surface area contributed by atoms with Gasteiger partial charge in [-0.15, -0.1) is 0 Å². The summed E-state index contributed by atoms with van der Waals surface area (Å²) in [5, 5.41) is -0.210. The highest BCUT2D eigenvalue weighted by atomic mass is 32.2. The lowest BCUT2D eigenvalue weighted by atomic mass is 10.1. The van der Waals surface area contributed by atoms with E-state index in [1.807, 2.05) is 56.5 Å². The number of benzene rings is 1. The van der Waals surface area contributed by atoms with Gasteiger partial charge in [-0.05, 0) is 62.7 Å². The topological polar surface area (TPSA) is 42.3 Å². The van der Waals surface area contributed by atoms with Gasteiger partial charge in [0.25, 0.3) is 11.1 Å². The number of thioether (sulfide) groups is 1. The van der Waals surface area contributed by atoms with E-state index < -0.39 is 0 Å². The van der Waals surface area contributed by atoms with Gasteiger partial charge in [-0.3, -0.25) is 14.5 Å². The zero-order valence-electron chi connectivity index (χ0n) is 14.9. The van der Waals surface area contributed by atoms with Gasteiger partial charge in [-0.25, -0.2) is 0 Å². The van der Waals surface area contributed by atoms with E-state index in [4.69, 9.17) is 0 Å². The number of aromatic nitrogens is 1. The van der Waals surface area contributed by atoms with Crippen LogP contribution in [0.25, 0.3) is 6.08 Å². The predicted molar refractivity (Wildman–Crippen MR) is 102 cm³/mol. The summed E-state index contributed by atoms with van der Waals surface area (Å²) in [6, 6.07) is 10.3. The zero-order chi connectivity index (χ0) is 18.1. The van der Waals surface area contributed by atoms with Gasteiger partial charge in [-0.1, -0.05) is 29.8 Å². The molecule has 25 heavy (non-hydrogen) atoms. The largest absolute Gasteiger partial charge is 0.349 e. The first-order valence-electron chi connectivity index (χ1n) is 8.34. The molecule has 2 heterocycles. The molecule has 0 bridgehead atoms. The van der Waals surface area contributed by atoms with Crippen LogP contribution in [0.1, 0.15) is 42.3 Å². The number of carbonyl (C=O) groups excluding carboxylic acids is 2. The van der Waals surface area contributed by atoms with Crippen molar-refractivity contribution >= 4 is 29.0 Å². The van der Waals surface area contributed by atoms with Crippen LogP contribution >= 0.6 is 11.8 Å². The Bertz CT molecular complexity index is 864. The van der Waals surface area contributed by atoms with Gasteiger partial charge < -0.3 is 4.57 Å². The number of imide groups is 1. The first-order valence-corrected chi connectivity index (χ1v) is 9.16. The number of hydrogen-bond donors (Lipinski definition) is 0. The maximum Gasteiger partial charge on any atom is 0.293 e. The van der Waals surface area contributed by atoms with Crippen molar-refractivity contribution < 1.29 is 9.59 Å². The van der Waals surface area contributed by atoms with E-state index in [2.05, 4.69) is 18.4 Å². The van der Waals surface area contributed by atoms with Crippen LogP contribution < -0.4 is 0 Å². The third-order valence-electron chi connectivity index (χ3n) is 4.22. The summed E-state index contributed by atoms with van der Waals surface area (Å²) < 4.78 is 2.16. The number of nitrogens with zero attached hydrogens (tertiary/aromatic N) is 2. The molecule has 4 nitrogen and oxygen atoms in total. The normalized spacial score (nSPS) is 16.5. The van der Waals surface area contributed by atoms with Crippen molar-refractivity contribution in [1.29, 1.82) is 0 Å². The smallest absolute Gasteiger partial charge is 0.293 e. The Kier molecular flexibility index (Phi) is 4.86. The molecule has 1 aliphatic rings. The molecule has 1 saturated heterocycles. The van der Waals surface area contributed by atoms with Crippen molar-refractivity contribution in [1.82, 2.24) is 9.47 Å². The fourth-order valence-corrected chi connectivity index (χ4v) is 3.87. The summed E-state index contributed by atoms with van der Waals surface area (Å²) in [4.78, 5) is 26.7. The van der Waals surface area contributed by atoms with Gasteiger partial charge >= 0.3 is 0 Å². The van der Waals surface area contributed by atoms with Crippen LogP contribution in [-0.2, 0) is 11.3 Å². The molecule has 0 atom stereocenters. The molecule has 0 saturated carbocycles. The summed E-state index contributed by atoms with van der Waals surface area (Å²) in [6.45, 7) is 8.59. The number of amides is 2. The summed E-state index contributed by atoms with van der Waals surface area (Å²) in [7, 11) is 0. The number of carbonyl (C=O) groups is 2. The van der Waals surface area contributed by atoms with E-state index in [-0.39, 0.29) is 11.1 Å². The monoisotopic (exact) mass is 354 g/mol. The molecule has 1 fully saturated rings. The third kappa shape index (κ3) is 3.71. The Morgan fingerprint density at radius 3 is 2.56 bits per heavy atom. The second-order valence-electron chi connectivity index (χ2n) is 6.67. The van der Waals surface area contributed by atoms with Crippen LogP contribution in [0, 0.1) is 13.8 Å². The molecule has 130 valence electrons. The fourth-order valence-electron chi connectivity index (χ4n) is 3.03. The van der Waals surface area contributed by atoms with Gasteiger partial charge in [-0.2, -0.15) is 0 Å². The van der Waals surface area contributed by atoms with E-state index >= 15 is 0 Å². The molecular formula is C20H22N2O2S. The van der Waals surface area contributed by atoms with Gasteiger partial charge in [0.05, 0.1) is 11.4 Å². The Labute approximate surface area is 152 Å². The van der Waals surface area contributed by atoms with Gasteiger partial charge in [0.1, 0.15) is 0 Å². The third-order valence-corrected chi connectivity index (χ3v) is 5.13. The Morgan fingerprint density at radius 1 is 1.16 bits per heavy atom. The highest BCUT2D eigenvalue weighted by molar-refractivity contribution is 8.18. The molecule has 5 heteroatoms. The SMILES string of the molecule is Cc1cccc(CN2C(=O)S/C(=C/c3cc(C)n(C(C)C)c3)C2=O)c1. The maximum atomic E-state index is 12.6. The summed E-state index contributed by atoms with van der Waals surface area (Å²) >= 11 is 1.01. The van der Waals surface area contributed by atoms with Crippen molar-refractivity contribution in [3.8, 4) is 0 Å². The zero-order valence-corrected chi connectivity index (χ0v) is 15.8. The van der Waals surface area contributed by atoms with Crippen LogP contribution in [0.2, 0.25) is 0 Å². The Hall–Kier alpha value is -2.27. The molecule has 0 spiro atoms. The lowest BCUT2D eigenvalue weighted by Gasteiger charge is -2.12. The van der Waals surface area contributed by atoms with Gasteiger partial charge in [0.15, 0.2) is 0 Å². The molecule has 2 aromatic rings. The second kappa shape index (κ2) is 6.92. The summed E-state index contributed by atoms with van der Waals surface area (Å²) in [6.07, 6.45) is 3.83. The molecule has 3 rings (SSSR count). The standard InChI is InChI=1S/C20H22N2O2S/c1-13(2)21-12-17(9-15(21)4)10-18-19(23)22(20(24)25-18)11-16-7-5-6-14(3)8-16/h5-10,12-13H,11H2,1-4H3/b18-10+. The van der Waals surface area contributed by atoms with Gasteiger partial charge in [0.2, 0.25) is 0 Å². The maximum absolute atomic E-state index is 12.6. The van der Waals surface area contributed by atoms with Crippen molar-refractivity contribution in [3.05, 3.63) is 63.8 Å². The first kappa shape index (κ1) is 17.5. The lowest BCUT2D eigenvalue weighted by Crippen LogP contribution is -2.27. The van der Waals surface area contributed by atoms with Crippen molar-refractivity contribution in [2.75, 3.05) is 0 Å². The Morgan fingerprint density at radius 2 is 1.92 bits per heavy atom. The number of hydrogen-bond acceptors (Lipinski definition) is 3. The lowest BCUT2D eigenvalue weighted by molar-refractivity contribution is -0.123. The first-order chi connectivity index (χ1) is 11.8. The predicted octanol–water partition coefficient (Wildman–Crippen LogP) is 4.92. The van der Waals surface area contributed by atoms with E-state index in [9.17, 15) is 9.59 Å². The van der Waals surface area contributed by atoms with Crippen LogP contribution in [0.5, 0.6) is 0 Å². The van der Waals surface area contributed by atoms with Crippen LogP contribution in [0.4, 0.5) is 4.79 Å². The summed E-state index contributed by atoms with van der Waals surface area (Å²) in [5.74, 6) is -0.216. The quantitative estimate of drug-likeness (QED) is 0.732. The molecular weight excluding hydrogens is 332 g/mol. The van der Waals surface area contributed by atoms with E-state index in [0.29, 0.717) is 17.5 Å². The minimum Gasteiger partial charge on any atom is -0.349 e. The van der Waals surface area contributed by atoms with Crippen LogP contribution in [-0.4, -0.2) is 20.6 Å². The Balaban J connectivity index is 1.82. The molecule has 1 aromatic heterocycles. The van der Waals surface area contributed by atoms with Crippen molar-refractivity contribution in [2.24, 2.45) is 0 Å². The van der Waals surface area contributed by atoms with Crippen LogP contribution in [0.3, 0.4) is 0 Å². The minimum absolute atomic E-state index is 0.210. The number of aryl methyl sites for hydroxylation is 2. The minimum atomic E-state index is -0.216. The molecule has 0 radical (unpaired) electrons. The van der Waals surface area contributed by atoms with Crippen molar-refractivity contribution in [3.63, 3.8) is 0 Å². The highest BCUT2D eigenvalue weighted by Gasteiger charge is 2.35. The molecule has 1 aliphatic heterocycles. The van der Waals surface area contributed by atoms with Crippen LogP contribution in [0.15, 0.2) is 41.4 Å². The average Bonchev–Trinajstić information content (AvgIpc) is 3.03. The molecule has 0 unspecified atom stereocenters.